The summed E-state index contributed by atoms with van der Waals surface area (Å²) in [6.07, 6.45) is -10.9. The molecule has 0 aromatic heterocycles. The Morgan fingerprint density at radius 1 is 0.418 bits per heavy atom. The standard InChI is InChI=1S/C45H72O22/c1-26(2)36(50)31(57-11)16-62-41(63-25-42(21-46,22-47)23-48)43(24-49,44(55,64-17-32(58-12)37(51)27(3)4)65-18-33(59-13)38(52)28(5)6)45(56,66-19-34(60-14)39(53)29(7)8)67-20-35(61-15)40(54)30(9)10/h31-35,41,46-49,55-56H,1,3,5,7,9,16-25H2,2,4,6,8,10-15H3. The van der Waals surface area contributed by atoms with Crippen molar-refractivity contribution in [2.45, 2.75) is 83.4 Å². The van der Waals surface area contributed by atoms with E-state index >= 15 is 0 Å². The van der Waals surface area contributed by atoms with E-state index in [0.29, 0.717) is 0 Å². The van der Waals surface area contributed by atoms with Crippen molar-refractivity contribution in [1.82, 2.24) is 0 Å². The Bertz CT molecular complexity index is 1550. The number of rotatable bonds is 40. The minimum atomic E-state index is -3.89. The second-order valence-electron chi connectivity index (χ2n) is 15.8. The van der Waals surface area contributed by atoms with Gasteiger partial charge in [0.25, 0.3) is 0 Å². The second kappa shape index (κ2) is 29.4. The minimum absolute atomic E-state index is 0.0475. The van der Waals surface area contributed by atoms with Crippen molar-refractivity contribution in [2.75, 3.05) is 102 Å². The number of hydrogen-bond donors (Lipinski definition) is 6. The molecule has 0 bridgehead atoms. The average Bonchev–Trinajstić information content (AvgIpc) is 3.29. The number of carbonyl (C=O) groups excluding carboxylic acids is 5. The highest BCUT2D eigenvalue weighted by atomic mass is 16.9. The number of methoxy groups -OCH3 is 5. The smallest absolute Gasteiger partial charge is 0.302 e. The number of ether oxygens (including phenoxy) is 11. The quantitative estimate of drug-likeness (QED) is 0.0331. The summed E-state index contributed by atoms with van der Waals surface area (Å²) < 4.78 is 62.8. The summed E-state index contributed by atoms with van der Waals surface area (Å²) in [5.41, 5.74) is -5.95. The summed E-state index contributed by atoms with van der Waals surface area (Å²) >= 11 is 0. The van der Waals surface area contributed by atoms with E-state index in [2.05, 4.69) is 32.9 Å². The third-order valence-corrected chi connectivity index (χ3v) is 10.4. The third-order valence-electron chi connectivity index (χ3n) is 10.4. The molecule has 0 fully saturated rings. The first kappa shape index (κ1) is 63.4. The predicted octanol–water partition coefficient (Wildman–Crippen LogP) is -0.553. The number of aliphatic hydroxyl groups is 6. The lowest BCUT2D eigenvalue weighted by atomic mass is 9.80. The molecular formula is C45H72O22. The van der Waals surface area contributed by atoms with Crippen LogP contribution in [0.1, 0.15) is 34.6 Å². The molecule has 0 aliphatic carbocycles. The lowest BCUT2D eigenvalue weighted by molar-refractivity contribution is -0.547. The molecular weight excluding hydrogens is 892 g/mol. The third kappa shape index (κ3) is 16.5. The molecule has 6 atom stereocenters. The van der Waals surface area contributed by atoms with Gasteiger partial charge in [-0.1, -0.05) is 32.9 Å². The van der Waals surface area contributed by atoms with E-state index in [1.165, 1.54) is 34.6 Å². The fourth-order valence-electron chi connectivity index (χ4n) is 5.80. The molecule has 0 aliphatic rings. The SMILES string of the molecule is C=C(C)C(=O)C(COC(OCC(CO)(CO)CO)C(CO)(C(O)(OCC(OC)C(=O)C(=C)C)OCC(OC)C(=O)C(=C)C)C(O)(OCC(OC)C(=O)C(=C)C)OCC(OC)C(=O)C(=C)C)OC. The largest absolute Gasteiger partial charge is 0.396 e. The maximum atomic E-state index is 13.3. The van der Waals surface area contributed by atoms with Gasteiger partial charge < -0.3 is 82.7 Å². The van der Waals surface area contributed by atoms with Gasteiger partial charge in [0.15, 0.2) is 35.2 Å². The molecule has 0 aliphatic heterocycles. The minimum Gasteiger partial charge on any atom is -0.396 e. The van der Waals surface area contributed by atoms with Gasteiger partial charge in [-0.05, 0) is 62.5 Å². The second-order valence-corrected chi connectivity index (χ2v) is 15.8. The van der Waals surface area contributed by atoms with E-state index < -0.39 is 155 Å². The molecule has 384 valence electrons. The van der Waals surface area contributed by atoms with E-state index in [1.54, 1.807) is 0 Å². The van der Waals surface area contributed by atoms with Crippen LogP contribution in [-0.2, 0) is 76.1 Å². The molecule has 0 aromatic rings. The van der Waals surface area contributed by atoms with Crippen LogP contribution in [0.25, 0.3) is 0 Å². The molecule has 0 spiro atoms. The van der Waals surface area contributed by atoms with E-state index in [-0.39, 0.29) is 27.9 Å². The van der Waals surface area contributed by atoms with Crippen LogP contribution in [0.2, 0.25) is 0 Å². The first-order chi connectivity index (χ1) is 31.2. The lowest BCUT2D eigenvalue weighted by Gasteiger charge is -2.54. The molecule has 22 nitrogen and oxygen atoms in total. The fraction of sp³-hybridized carbons (Fsp3) is 0.667. The zero-order valence-corrected chi connectivity index (χ0v) is 40.3. The summed E-state index contributed by atoms with van der Waals surface area (Å²) in [7, 11) is 5.41. The molecule has 22 heteroatoms. The van der Waals surface area contributed by atoms with Gasteiger partial charge in [0.05, 0.1) is 71.5 Å². The molecule has 6 N–H and O–H groups in total. The van der Waals surface area contributed by atoms with Gasteiger partial charge in [0.1, 0.15) is 30.5 Å². The van der Waals surface area contributed by atoms with Crippen molar-refractivity contribution in [1.29, 1.82) is 0 Å². The van der Waals surface area contributed by atoms with Crippen molar-refractivity contribution >= 4 is 28.9 Å². The van der Waals surface area contributed by atoms with Gasteiger partial charge >= 0.3 is 11.9 Å². The number of ketones is 5. The van der Waals surface area contributed by atoms with Crippen molar-refractivity contribution < 1.29 is 107 Å². The molecule has 0 saturated carbocycles. The van der Waals surface area contributed by atoms with Crippen LogP contribution in [0.3, 0.4) is 0 Å². The van der Waals surface area contributed by atoms with Crippen molar-refractivity contribution in [3.63, 3.8) is 0 Å². The zero-order chi connectivity index (χ0) is 52.1. The molecule has 0 amide bonds. The number of aliphatic hydroxyl groups excluding tert-OH is 4. The highest BCUT2D eigenvalue weighted by Crippen LogP contribution is 2.50. The van der Waals surface area contributed by atoms with Crippen LogP contribution in [0.5, 0.6) is 0 Å². The maximum Gasteiger partial charge on any atom is 0.302 e. The van der Waals surface area contributed by atoms with E-state index in [1.807, 2.05) is 0 Å². The van der Waals surface area contributed by atoms with Crippen molar-refractivity contribution in [2.24, 2.45) is 10.8 Å². The van der Waals surface area contributed by atoms with Gasteiger partial charge in [-0.2, -0.15) is 0 Å². The molecule has 67 heavy (non-hydrogen) atoms. The number of Topliss-reactive ketones (excluding diaryl/α,β-unsaturated/α-hetero) is 5. The summed E-state index contributed by atoms with van der Waals surface area (Å²) in [4.78, 5) is 66.4. The monoisotopic (exact) mass is 964 g/mol. The Kier molecular flexibility index (Phi) is 27.8. The van der Waals surface area contributed by atoms with Gasteiger partial charge in [-0.3, -0.25) is 24.0 Å². The first-order valence-electron chi connectivity index (χ1n) is 20.5. The number of hydrogen-bond acceptors (Lipinski definition) is 22. The summed E-state index contributed by atoms with van der Waals surface area (Å²) in [6, 6.07) is 0. The zero-order valence-electron chi connectivity index (χ0n) is 40.3. The maximum absolute atomic E-state index is 13.3. The molecule has 0 heterocycles. The highest BCUT2D eigenvalue weighted by molar-refractivity contribution is 5.99. The molecule has 0 rings (SSSR count). The number of carbonyl (C=O) groups is 5. The van der Waals surface area contributed by atoms with Crippen LogP contribution < -0.4 is 0 Å². The predicted molar refractivity (Wildman–Crippen MR) is 236 cm³/mol. The van der Waals surface area contributed by atoms with Crippen LogP contribution in [-0.4, -0.2) is 210 Å². The van der Waals surface area contributed by atoms with E-state index in [0.717, 1.165) is 35.5 Å². The fourth-order valence-corrected chi connectivity index (χ4v) is 5.80. The highest BCUT2D eigenvalue weighted by Gasteiger charge is 2.74. The first-order valence-corrected chi connectivity index (χ1v) is 20.5. The Balaban J connectivity index is 9.28. The van der Waals surface area contributed by atoms with E-state index in [9.17, 15) is 54.6 Å². The van der Waals surface area contributed by atoms with Gasteiger partial charge in [0.2, 0.25) is 5.41 Å². The van der Waals surface area contributed by atoms with Crippen molar-refractivity contribution in [3.8, 4) is 0 Å². The van der Waals surface area contributed by atoms with Gasteiger partial charge in [-0.15, -0.1) is 0 Å². The molecule has 0 aromatic carbocycles. The lowest BCUT2D eigenvalue weighted by Crippen LogP contribution is -2.75. The van der Waals surface area contributed by atoms with Gasteiger partial charge in [-0.25, -0.2) is 0 Å². The molecule has 0 saturated heterocycles. The summed E-state index contributed by atoms with van der Waals surface area (Å²) in [5.74, 6) is -11.8. The van der Waals surface area contributed by atoms with Crippen LogP contribution >= 0.6 is 0 Å². The normalized spacial score (nSPS) is 17.3. The Labute approximate surface area is 391 Å². The topological polar surface area (TPSA) is 308 Å². The molecule has 6 unspecified atom stereocenters. The van der Waals surface area contributed by atoms with E-state index in [4.69, 9.17) is 52.1 Å². The van der Waals surface area contributed by atoms with Crippen LogP contribution in [0.15, 0.2) is 60.8 Å². The van der Waals surface area contributed by atoms with Crippen LogP contribution in [0, 0.1) is 10.8 Å². The average molecular weight is 965 g/mol. The van der Waals surface area contributed by atoms with Crippen molar-refractivity contribution in [3.05, 3.63) is 60.8 Å². The summed E-state index contributed by atoms with van der Waals surface area (Å²) in [5, 5.41) is 69.6. The van der Waals surface area contributed by atoms with Gasteiger partial charge in [0, 0.05) is 35.5 Å². The Hall–Kier alpha value is -3.63. The Morgan fingerprint density at radius 3 is 0.851 bits per heavy atom. The van der Waals surface area contributed by atoms with Crippen LogP contribution in [0.4, 0.5) is 0 Å². The summed E-state index contributed by atoms with van der Waals surface area (Å²) in [6.45, 7) is 13.6. The molecule has 0 radical (unpaired) electrons. The Morgan fingerprint density at radius 2 is 0.657 bits per heavy atom.